The topological polar surface area (TPSA) is 184 Å². The van der Waals surface area contributed by atoms with Gasteiger partial charge in [-0.2, -0.15) is 0 Å². The van der Waals surface area contributed by atoms with E-state index in [1.807, 2.05) is 89.8 Å². The van der Waals surface area contributed by atoms with Crippen molar-refractivity contribution in [1.82, 2.24) is 0 Å². The number of rotatable bonds is 7. The predicted octanol–water partition coefficient (Wildman–Crippen LogP) is 12.5. The molecule has 13 nitrogen and oxygen atoms in total. The van der Waals surface area contributed by atoms with E-state index >= 15 is 0 Å². The lowest BCUT2D eigenvalue weighted by atomic mass is 9.93. The van der Waals surface area contributed by atoms with Crippen molar-refractivity contribution in [3.8, 4) is 44.5 Å². The van der Waals surface area contributed by atoms with Crippen LogP contribution in [0.4, 0.5) is 34.1 Å². The predicted molar refractivity (Wildman–Crippen MR) is 248 cm³/mol. The minimum absolute atomic E-state index is 0.151. The summed E-state index contributed by atoms with van der Waals surface area (Å²) in [6.07, 6.45) is 0. The van der Waals surface area contributed by atoms with Crippen molar-refractivity contribution >= 4 is 73.0 Å². The highest BCUT2D eigenvalue weighted by atomic mass is 16.6. The van der Waals surface area contributed by atoms with Gasteiger partial charge in [0.25, 0.3) is 17.1 Å². The molecule has 66 heavy (non-hydrogen) atoms. The Hall–Kier alpha value is -9.49. The molecular weight excluding hydrogens is 837 g/mol. The number of nitro groups is 3. The Morgan fingerprint density at radius 3 is 1.18 bits per heavy atom. The van der Waals surface area contributed by atoms with Crippen molar-refractivity contribution in [2.24, 2.45) is 0 Å². The number of hydrogen-bond acceptors (Lipinski definition) is 10. The standard InChI is InChI=1S/C53H26N4O9/c58-51-44-20-28(7-13-36(44)39-16-10-32(55(61)62)24-47(39)51)27-5-6-29-21-50(42-4-2-1-3-35(42)43(29)19-27)54(30-8-14-37-40-17-11-33(56(63)64)25-48(40)52(59)45(37)22-30)31-9-15-38-41-18-12-34(57(65)66)26-49(41)53(60)46(38)23-31/h1-26H. The molecule has 312 valence electrons. The van der Waals surface area contributed by atoms with Gasteiger partial charge in [-0.25, -0.2) is 0 Å². The molecule has 3 aliphatic rings. The lowest BCUT2D eigenvalue weighted by molar-refractivity contribution is -0.385. The number of anilines is 3. The molecule has 0 heterocycles. The number of benzene rings is 9. The fourth-order valence-electron chi connectivity index (χ4n) is 9.85. The van der Waals surface area contributed by atoms with Crippen LogP contribution in [-0.4, -0.2) is 32.1 Å². The third-order valence-corrected chi connectivity index (χ3v) is 12.9. The Kier molecular flexibility index (Phi) is 7.96. The highest BCUT2D eigenvalue weighted by molar-refractivity contribution is 6.25. The van der Waals surface area contributed by atoms with Gasteiger partial charge in [0.15, 0.2) is 17.3 Å². The van der Waals surface area contributed by atoms with Crippen molar-refractivity contribution in [2.45, 2.75) is 0 Å². The maximum atomic E-state index is 14.0. The first-order valence-corrected chi connectivity index (χ1v) is 20.6. The first kappa shape index (κ1) is 38.2. The summed E-state index contributed by atoms with van der Waals surface area (Å²) in [6.45, 7) is 0. The molecule has 0 saturated heterocycles. The van der Waals surface area contributed by atoms with E-state index in [4.69, 9.17) is 0 Å². The third kappa shape index (κ3) is 5.50. The van der Waals surface area contributed by atoms with Gasteiger partial charge < -0.3 is 4.90 Å². The van der Waals surface area contributed by atoms with E-state index in [1.165, 1.54) is 36.4 Å². The normalized spacial score (nSPS) is 12.7. The molecule has 0 aliphatic heterocycles. The van der Waals surface area contributed by atoms with Crippen molar-refractivity contribution in [3.63, 3.8) is 0 Å². The second kappa shape index (κ2) is 13.8. The Morgan fingerprint density at radius 1 is 0.333 bits per heavy atom. The molecule has 0 amide bonds. The molecule has 0 saturated carbocycles. The molecule has 12 rings (SSSR count). The fraction of sp³-hybridized carbons (Fsp3) is 0. The number of nitro benzene ring substituents is 3. The van der Waals surface area contributed by atoms with Crippen molar-refractivity contribution < 1.29 is 29.2 Å². The molecule has 0 aromatic heterocycles. The zero-order valence-electron chi connectivity index (χ0n) is 34.0. The van der Waals surface area contributed by atoms with Crippen LogP contribution in [0.25, 0.3) is 66.1 Å². The summed E-state index contributed by atoms with van der Waals surface area (Å²) >= 11 is 0. The molecule has 3 aliphatic carbocycles. The van der Waals surface area contributed by atoms with E-state index < -0.39 is 14.8 Å². The molecule has 0 atom stereocenters. The minimum atomic E-state index is -0.536. The molecule has 0 fully saturated rings. The summed E-state index contributed by atoms with van der Waals surface area (Å²) in [5.74, 6) is -1.000. The summed E-state index contributed by atoms with van der Waals surface area (Å²) in [5.41, 5.74) is 8.63. The van der Waals surface area contributed by atoms with Gasteiger partial charge in [-0.05, 0) is 121 Å². The van der Waals surface area contributed by atoms with Gasteiger partial charge in [0.2, 0.25) is 0 Å². The van der Waals surface area contributed by atoms with Crippen LogP contribution < -0.4 is 4.90 Å². The average Bonchev–Trinajstić information content (AvgIpc) is 3.90. The van der Waals surface area contributed by atoms with Crippen molar-refractivity contribution in [3.05, 3.63) is 221 Å². The van der Waals surface area contributed by atoms with E-state index in [2.05, 4.69) is 6.07 Å². The number of carbonyl (C=O) groups is 3. The summed E-state index contributed by atoms with van der Waals surface area (Å²) in [4.78, 5) is 76.9. The maximum absolute atomic E-state index is 14.0. The Balaban J connectivity index is 1.01. The SMILES string of the molecule is O=C1c2cc(-c3ccc4cc(N(c5ccc6c(c5)C(=O)c5cc([N+](=O)[O-])ccc5-6)c5ccc6c(c5)C(=O)c5cc([N+](=O)[O-])ccc5-6)c5ccccc5c4c3)ccc2-c2ccc([N+](=O)[O-])cc21. The third-order valence-electron chi connectivity index (χ3n) is 12.9. The van der Waals surface area contributed by atoms with Crippen LogP contribution in [-0.2, 0) is 0 Å². The van der Waals surface area contributed by atoms with Crippen LogP contribution in [0.2, 0.25) is 0 Å². The van der Waals surface area contributed by atoms with Crippen molar-refractivity contribution in [2.75, 3.05) is 4.90 Å². The Bertz CT molecular complexity index is 3710. The smallest absolute Gasteiger partial charge is 0.270 e. The van der Waals surface area contributed by atoms with Crippen LogP contribution in [0, 0.1) is 30.3 Å². The fourth-order valence-corrected chi connectivity index (χ4v) is 9.85. The first-order valence-electron chi connectivity index (χ1n) is 20.6. The van der Waals surface area contributed by atoms with Gasteiger partial charge in [0.1, 0.15) is 0 Å². The summed E-state index contributed by atoms with van der Waals surface area (Å²) in [7, 11) is 0. The number of hydrogen-bond donors (Lipinski definition) is 0. The quantitative estimate of drug-likeness (QED) is 0.0848. The highest BCUT2D eigenvalue weighted by Gasteiger charge is 2.33. The van der Waals surface area contributed by atoms with E-state index in [1.54, 1.807) is 30.3 Å². The second-order valence-corrected chi connectivity index (χ2v) is 16.4. The summed E-state index contributed by atoms with van der Waals surface area (Å²) in [6, 6.07) is 45.2. The molecule has 0 bridgehead atoms. The Morgan fingerprint density at radius 2 is 0.712 bits per heavy atom. The van der Waals surface area contributed by atoms with Gasteiger partial charge in [0.05, 0.1) is 20.5 Å². The molecule has 0 N–H and O–H groups in total. The number of fused-ring (bicyclic) bond motifs is 12. The molecule has 0 unspecified atom stereocenters. The summed E-state index contributed by atoms with van der Waals surface area (Å²) < 4.78 is 0. The number of nitrogens with zero attached hydrogens (tertiary/aromatic N) is 4. The van der Waals surface area contributed by atoms with Gasteiger partial charge >= 0.3 is 0 Å². The number of non-ortho nitro benzene ring substituents is 3. The molecule has 9 aromatic rings. The van der Waals surface area contributed by atoms with Crippen molar-refractivity contribution in [1.29, 1.82) is 0 Å². The molecule has 9 aromatic carbocycles. The van der Waals surface area contributed by atoms with Gasteiger partial charge in [0, 0.05) is 86.5 Å². The lowest BCUT2D eigenvalue weighted by Gasteiger charge is -2.28. The van der Waals surface area contributed by atoms with Crippen LogP contribution in [0.5, 0.6) is 0 Å². The number of carbonyl (C=O) groups excluding carboxylic acids is 3. The van der Waals surface area contributed by atoms with Crippen LogP contribution >= 0.6 is 0 Å². The minimum Gasteiger partial charge on any atom is -0.310 e. The van der Waals surface area contributed by atoms with Gasteiger partial charge in [-0.3, -0.25) is 44.7 Å². The van der Waals surface area contributed by atoms with Crippen LogP contribution in [0.3, 0.4) is 0 Å². The van der Waals surface area contributed by atoms with Crippen LogP contribution in [0.1, 0.15) is 47.8 Å². The summed E-state index contributed by atoms with van der Waals surface area (Å²) in [5, 5.41) is 38.3. The second-order valence-electron chi connectivity index (χ2n) is 16.4. The van der Waals surface area contributed by atoms with E-state index in [-0.39, 0.29) is 45.5 Å². The monoisotopic (exact) mass is 862 g/mol. The lowest BCUT2D eigenvalue weighted by Crippen LogP contribution is -2.12. The Labute approximate surface area is 371 Å². The van der Waals surface area contributed by atoms with E-state index in [9.17, 15) is 44.7 Å². The van der Waals surface area contributed by atoms with E-state index in [0.717, 1.165) is 32.7 Å². The van der Waals surface area contributed by atoms with Gasteiger partial charge in [-0.1, -0.05) is 60.7 Å². The van der Waals surface area contributed by atoms with Crippen LogP contribution in [0.15, 0.2) is 158 Å². The number of ketones is 3. The molecule has 0 radical (unpaired) electrons. The average molecular weight is 863 g/mol. The van der Waals surface area contributed by atoms with Gasteiger partial charge in [-0.15, -0.1) is 0 Å². The molecule has 0 spiro atoms. The largest absolute Gasteiger partial charge is 0.310 e. The zero-order chi connectivity index (χ0) is 45.3. The van der Waals surface area contributed by atoms with E-state index in [0.29, 0.717) is 72.7 Å². The molecular formula is C53H26N4O9. The zero-order valence-corrected chi connectivity index (χ0v) is 34.0. The first-order chi connectivity index (χ1) is 31.9. The molecule has 13 heteroatoms. The maximum Gasteiger partial charge on any atom is 0.270 e. The highest BCUT2D eigenvalue weighted by Crippen LogP contribution is 2.49.